The second-order valence-electron chi connectivity index (χ2n) is 8.16. The van der Waals surface area contributed by atoms with E-state index < -0.39 is 15.9 Å². The van der Waals surface area contributed by atoms with Crippen LogP contribution in [0.15, 0.2) is 88.1 Å². The molecule has 13 heteroatoms. The molecule has 0 saturated carbocycles. The van der Waals surface area contributed by atoms with Gasteiger partial charge in [-0.3, -0.25) is 14.9 Å². The van der Waals surface area contributed by atoms with Gasteiger partial charge in [0.15, 0.2) is 4.34 Å². The molecule has 0 atom stereocenters. The third-order valence-electron chi connectivity index (χ3n) is 5.40. The highest BCUT2D eigenvalue weighted by molar-refractivity contribution is 8.01. The van der Waals surface area contributed by atoms with Gasteiger partial charge in [-0.2, -0.15) is 4.31 Å². The molecule has 10 nitrogen and oxygen atoms in total. The molecular formula is C26H25N5O5S3. The molecule has 1 heterocycles. The van der Waals surface area contributed by atoms with Crippen molar-refractivity contribution in [1.29, 1.82) is 0 Å². The number of carbonyl (C=O) groups excluding carboxylic acids is 2. The van der Waals surface area contributed by atoms with Gasteiger partial charge in [0.2, 0.25) is 21.1 Å². The maximum absolute atomic E-state index is 12.9. The Morgan fingerprint density at radius 1 is 0.949 bits per heavy atom. The van der Waals surface area contributed by atoms with Gasteiger partial charge in [0.25, 0.3) is 5.91 Å². The number of benzene rings is 3. The number of thioether (sulfide) groups is 1. The molecule has 2 amide bonds. The van der Waals surface area contributed by atoms with Crippen LogP contribution in [0, 0.1) is 0 Å². The summed E-state index contributed by atoms with van der Waals surface area (Å²) in [5, 5.41) is 13.6. The lowest BCUT2D eigenvalue weighted by Crippen LogP contribution is -2.26. The topological polar surface area (TPSA) is 131 Å². The number of carbonyl (C=O) groups is 2. The van der Waals surface area contributed by atoms with Gasteiger partial charge in [-0.25, -0.2) is 8.42 Å². The quantitative estimate of drug-likeness (QED) is 0.197. The lowest BCUT2D eigenvalue weighted by molar-refractivity contribution is -0.113. The van der Waals surface area contributed by atoms with Crippen LogP contribution in [0.1, 0.15) is 15.9 Å². The van der Waals surface area contributed by atoms with E-state index in [2.05, 4.69) is 20.8 Å². The van der Waals surface area contributed by atoms with Gasteiger partial charge in [0.1, 0.15) is 5.75 Å². The third kappa shape index (κ3) is 7.63. The average Bonchev–Trinajstić information content (AvgIpc) is 3.40. The van der Waals surface area contributed by atoms with Crippen molar-refractivity contribution in [2.45, 2.75) is 15.8 Å². The molecule has 3 aromatic carbocycles. The fraction of sp³-hybridized carbons (Fsp3) is 0.154. The predicted molar refractivity (Wildman–Crippen MR) is 152 cm³/mol. The molecule has 0 unspecified atom stereocenters. The molecule has 4 aromatic rings. The van der Waals surface area contributed by atoms with Crippen LogP contribution in [0.25, 0.3) is 0 Å². The highest BCUT2D eigenvalue weighted by Crippen LogP contribution is 2.26. The molecule has 0 aliphatic rings. The Morgan fingerprint density at radius 3 is 2.31 bits per heavy atom. The number of rotatable bonds is 11. The summed E-state index contributed by atoms with van der Waals surface area (Å²) < 4.78 is 32.7. The number of methoxy groups -OCH3 is 1. The lowest BCUT2D eigenvalue weighted by Gasteiger charge is -2.17. The Hall–Kier alpha value is -3.78. The first kappa shape index (κ1) is 28.2. The highest BCUT2D eigenvalue weighted by atomic mass is 32.2. The average molecular weight is 584 g/mol. The van der Waals surface area contributed by atoms with Crippen molar-refractivity contribution >= 4 is 55.8 Å². The fourth-order valence-corrected chi connectivity index (χ4v) is 6.08. The summed E-state index contributed by atoms with van der Waals surface area (Å²) in [6.07, 6.45) is 0. The molecule has 0 saturated heterocycles. The van der Waals surface area contributed by atoms with E-state index in [9.17, 15) is 18.0 Å². The number of nitrogens with one attached hydrogen (secondary N) is 2. The lowest BCUT2D eigenvalue weighted by atomic mass is 10.2. The van der Waals surface area contributed by atoms with Crippen molar-refractivity contribution in [2.75, 3.05) is 30.5 Å². The molecule has 2 N–H and O–H groups in total. The van der Waals surface area contributed by atoms with Gasteiger partial charge < -0.3 is 10.1 Å². The number of hydrogen-bond acceptors (Lipinski definition) is 9. The molecular weight excluding hydrogens is 559 g/mol. The number of nitrogens with zero attached hydrogens (tertiary/aromatic N) is 3. The molecule has 39 heavy (non-hydrogen) atoms. The predicted octanol–water partition coefficient (Wildman–Crippen LogP) is 4.35. The van der Waals surface area contributed by atoms with Crippen molar-refractivity contribution in [1.82, 2.24) is 14.5 Å². The van der Waals surface area contributed by atoms with E-state index in [0.29, 0.717) is 15.8 Å². The Morgan fingerprint density at radius 2 is 1.64 bits per heavy atom. The normalized spacial score (nSPS) is 11.3. The van der Waals surface area contributed by atoms with Gasteiger partial charge in [0.05, 0.1) is 17.8 Å². The van der Waals surface area contributed by atoms with Crippen LogP contribution in [0.3, 0.4) is 0 Å². The molecule has 4 rings (SSSR count). The Bertz CT molecular complexity index is 1530. The molecule has 202 valence electrons. The molecule has 0 radical (unpaired) electrons. The van der Waals surface area contributed by atoms with Crippen LogP contribution in [0.5, 0.6) is 5.75 Å². The minimum Gasteiger partial charge on any atom is -0.497 e. The summed E-state index contributed by atoms with van der Waals surface area (Å²) in [6, 6.07) is 21.9. The number of sulfonamides is 1. The summed E-state index contributed by atoms with van der Waals surface area (Å²) in [6.45, 7) is 0.228. The second kappa shape index (κ2) is 12.8. The van der Waals surface area contributed by atoms with Gasteiger partial charge in [0, 0.05) is 24.8 Å². The SMILES string of the molecule is COc1ccc(NC(=O)CSc2nnc(NC(=O)c3ccc(S(=O)(=O)N(C)Cc4ccccc4)cc3)s2)cc1. The van der Waals surface area contributed by atoms with Crippen LogP contribution >= 0.6 is 23.1 Å². The van der Waals surface area contributed by atoms with Crippen LogP contribution < -0.4 is 15.4 Å². The van der Waals surface area contributed by atoms with E-state index >= 15 is 0 Å². The summed E-state index contributed by atoms with van der Waals surface area (Å²) >= 11 is 2.32. The standard InChI is InChI=1S/C26H25N5O5S3/c1-31(16-18-6-4-3-5-7-18)39(34,35)22-14-8-19(9-15-22)24(33)28-25-29-30-26(38-25)37-17-23(32)27-20-10-12-21(36-2)13-11-20/h3-15H,16-17H2,1-2H3,(H,27,32)(H,28,29,33). The second-order valence-corrected chi connectivity index (χ2v) is 12.4. The zero-order valence-electron chi connectivity index (χ0n) is 21.0. The molecule has 0 fully saturated rings. The first-order chi connectivity index (χ1) is 18.7. The Balaban J connectivity index is 1.29. The van der Waals surface area contributed by atoms with E-state index in [1.807, 2.05) is 30.3 Å². The van der Waals surface area contributed by atoms with Crippen molar-refractivity contribution in [2.24, 2.45) is 0 Å². The van der Waals surface area contributed by atoms with Gasteiger partial charge >= 0.3 is 0 Å². The zero-order valence-corrected chi connectivity index (χ0v) is 23.5. The van der Waals surface area contributed by atoms with Crippen LogP contribution in [-0.2, 0) is 21.4 Å². The number of anilines is 2. The minimum absolute atomic E-state index is 0.0833. The van der Waals surface area contributed by atoms with Crippen molar-refractivity contribution < 1.29 is 22.7 Å². The number of ether oxygens (including phenoxy) is 1. The Kier molecular flexibility index (Phi) is 9.30. The minimum atomic E-state index is -3.73. The van der Waals surface area contributed by atoms with E-state index in [0.717, 1.165) is 16.9 Å². The summed E-state index contributed by atoms with van der Waals surface area (Å²) in [5.74, 6) is 0.138. The molecule has 0 aliphatic carbocycles. The number of aromatic nitrogens is 2. The van der Waals surface area contributed by atoms with E-state index in [4.69, 9.17) is 4.74 Å². The third-order valence-corrected chi connectivity index (χ3v) is 9.19. The number of amides is 2. The summed E-state index contributed by atoms with van der Waals surface area (Å²) in [4.78, 5) is 25.0. The highest BCUT2D eigenvalue weighted by Gasteiger charge is 2.21. The molecule has 0 spiro atoms. The van der Waals surface area contributed by atoms with Crippen molar-refractivity contribution in [3.05, 3.63) is 90.0 Å². The smallest absolute Gasteiger partial charge is 0.257 e. The first-order valence-corrected chi connectivity index (χ1v) is 14.8. The molecule has 0 bridgehead atoms. The van der Waals surface area contributed by atoms with E-state index in [1.54, 1.807) is 31.4 Å². The maximum Gasteiger partial charge on any atom is 0.257 e. The van der Waals surface area contributed by atoms with Crippen LogP contribution in [-0.4, -0.2) is 54.6 Å². The van der Waals surface area contributed by atoms with Crippen LogP contribution in [0.2, 0.25) is 0 Å². The van der Waals surface area contributed by atoms with Crippen molar-refractivity contribution in [3.8, 4) is 5.75 Å². The first-order valence-electron chi connectivity index (χ1n) is 11.6. The van der Waals surface area contributed by atoms with E-state index in [1.165, 1.54) is 47.4 Å². The monoisotopic (exact) mass is 583 g/mol. The fourth-order valence-electron chi connectivity index (χ4n) is 3.37. The number of hydrogen-bond donors (Lipinski definition) is 2. The van der Waals surface area contributed by atoms with Crippen molar-refractivity contribution in [3.63, 3.8) is 0 Å². The summed E-state index contributed by atoms with van der Waals surface area (Å²) in [7, 11) is -0.652. The van der Waals surface area contributed by atoms with Crippen LogP contribution in [0.4, 0.5) is 10.8 Å². The largest absolute Gasteiger partial charge is 0.497 e. The summed E-state index contributed by atoms with van der Waals surface area (Å²) in [5.41, 5.74) is 1.78. The maximum atomic E-state index is 12.9. The zero-order chi connectivity index (χ0) is 27.8. The molecule has 0 aliphatic heterocycles. The van der Waals surface area contributed by atoms with Gasteiger partial charge in [-0.15, -0.1) is 10.2 Å². The van der Waals surface area contributed by atoms with Gasteiger partial charge in [-0.1, -0.05) is 53.4 Å². The van der Waals surface area contributed by atoms with E-state index in [-0.39, 0.29) is 33.8 Å². The molecule has 1 aromatic heterocycles. The Labute approximate surface area is 234 Å². The van der Waals surface area contributed by atoms with Gasteiger partial charge in [-0.05, 0) is 54.1 Å².